The number of carbonyl (C=O) groups excluding carboxylic acids is 1. The molecule has 0 aliphatic carbocycles. The van der Waals surface area contributed by atoms with Crippen LogP contribution in [0.25, 0.3) is 6.08 Å². The summed E-state index contributed by atoms with van der Waals surface area (Å²) in [6.07, 6.45) is 3.72. The second-order valence-electron chi connectivity index (χ2n) is 7.17. The lowest BCUT2D eigenvalue weighted by Crippen LogP contribution is -2.08. The highest BCUT2D eigenvalue weighted by Crippen LogP contribution is 2.36. The molecule has 0 atom stereocenters. The fourth-order valence-electron chi connectivity index (χ4n) is 3.44. The first-order valence-electron chi connectivity index (χ1n) is 9.64. The Morgan fingerprint density at radius 2 is 1.87 bits per heavy atom. The molecule has 154 valence electrons. The molecule has 3 aromatic rings. The van der Waals surface area contributed by atoms with Crippen molar-refractivity contribution in [2.75, 3.05) is 6.61 Å². The molecule has 6 heteroatoms. The van der Waals surface area contributed by atoms with Gasteiger partial charge in [-0.05, 0) is 48.1 Å². The van der Waals surface area contributed by atoms with Crippen molar-refractivity contribution in [2.24, 2.45) is 0 Å². The Balaban J connectivity index is 1.33. The number of carbonyl (C=O) groups is 1. The van der Waals surface area contributed by atoms with Gasteiger partial charge in [0.15, 0.2) is 5.76 Å². The molecule has 5 rings (SSSR count). The summed E-state index contributed by atoms with van der Waals surface area (Å²) in [6, 6.07) is 18.2. The number of ketones is 1. The summed E-state index contributed by atoms with van der Waals surface area (Å²) in [5.41, 5.74) is 3.15. The Morgan fingerprint density at radius 3 is 2.74 bits per heavy atom. The average molecular weight is 451 g/mol. The van der Waals surface area contributed by atoms with Crippen LogP contribution < -0.4 is 14.2 Å². The fraction of sp³-hybridized carbons (Fsp3) is 0.0800. The standard InChI is InChI=1S/C25H16Cl2O4/c26-18-6-5-17(21(27)11-18)14-29-19-7-8-20-23(12-19)31-24(25(20)28)10-15-9-16-3-1-2-4-22(16)30-13-15/h1-12H,13-14H2. The predicted octanol–water partition coefficient (Wildman–Crippen LogP) is 6.51. The molecule has 3 aromatic carbocycles. The zero-order valence-electron chi connectivity index (χ0n) is 16.2. The molecule has 0 saturated carbocycles. The summed E-state index contributed by atoms with van der Waals surface area (Å²) in [6.45, 7) is 0.652. The van der Waals surface area contributed by atoms with E-state index in [1.165, 1.54) is 0 Å². The number of rotatable bonds is 4. The largest absolute Gasteiger partial charge is 0.489 e. The molecule has 0 radical (unpaired) electrons. The quantitative estimate of drug-likeness (QED) is 0.425. The van der Waals surface area contributed by atoms with E-state index in [2.05, 4.69) is 0 Å². The number of halogens is 2. The number of allylic oxidation sites excluding steroid dienone is 1. The Bertz CT molecular complexity index is 1260. The second-order valence-corrected chi connectivity index (χ2v) is 8.01. The number of hydrogen-bond donors (Lipinski definition) is 0. The van der Waals surface area contributed by atoms with Crippen LogP contribution in [0.5, 0.6) is 17.2 Å². The van der Waals surface area contributed by atoms with Crippen molar-refractivity contribution in [1.29, 1.82) is 0 Å². The van der Waals surface area contributed by atoms with Gasteiger partial charge < -0.3 is 14.2 Å². The normalized spacial score (nSPS) is 15.6. The van der Waals surface area contributed by atoms with Crippen molar-refractivity contribution >= 4 is 35.1 Å². The van der Waals surface area contributed by atoms with Crippen molar-refractivity contribution in [3.8, 4) is 17.2 Å². The smallest absolute Gasteiger partial charge is 0.231 e. The summed E-state index contributed by atoms with van der Waals surface area (Å²) in [5, 5.41) is 1.11. The summed E-state index contributed by atoms with van der Waals surface area (Å²) < 4.78 is 17.4. The van der Waals surface area contributed by atoms with Crippen LogP contribution in [0.4, 0.5) is 0 Å². The molecular weight excluding hydrogens is 435 g/mol. The van der Waals surface area contributed by atoms with Crippen LogP contribution in [0.3, 0.4) is 0 Å². The molecule has 0 bridgehead atoms. The molecular formula is C25H16Cl2O4. The van der Waals surface area contributed by atoms with Gasteiger partial charge in [-0.15, -0.1) is 0 Å². The first-order valence-corrected chi connectivity index (χ1v) is 10.4. The zero-order chi connectivity index (χ0) is 21.4. The molecule has 0 N–H and O–H groups in total. The van der Waals surface area contributed by atoms with Gasteiger partial charge in [-0.2, -0.15) is 0 Å². The van der Waals surface area contributed by atoms with Gasteiger partial charge in [0.25, 0.3) is 0 Å². The highest BCUT2D eigenvalue weighted by atomic mass is 35.5. The Labute approximate surface area is 189 Å². The summed E-state index contributed by atoms with van der Waals surface area (Å²) >= 11 is 12.1. The second kappa shape index (κ2) is 8.14. The minimum atomic E-state index is -0.165. The van der Waals surface area contributed by atoms with Crippen LogP contribution in [0.2, 0.25) is 10.0 Å². The lowest BCUT2D eigenvalue weighted by atomic mass is 10.1. The third kappa shape index (κ3) is 4.05. The Kier molecular flexibility index (Phi) is 5.18. The third-order valence-corrected chi connectivity index (χ3v) is 5.61. The van der Waals surface area contributed by atoms with Crippen LogP contribution in [0, 0.1) is 0 Å². The van der Waals surface area contributed by atoms with Gasteiger partial charge in [0.05, 0.1) is 5.56 Å². The van der Waals surface area contributed by atoms with Gasteiger partial charge in [-0.25, -0.2) is 0 Å². The molecule has 0 fully saturated rings. The van der Waals surface area contributed by atoms with Crippen LogP contribution in [-0.2, 0) is 6.61 Å². The van der Waals surface area contributed by atoms with Crippen LogP contribution in [0.15, 0.2) is 78.1 Å². The molecule has 4 nitrogen and oxygen atoms in total. The Morgan fingerprint density at radius 1 is 1.00 bits per heavy atom. The van der Waals surface area contributed by atoms with E-state index in [0.717, 1.165) is 22.4 Å². The number of benzene rings is 3. The van der Waals surface area contributed by atoms with Gasteiger partial charge in [0, 0.05) is 27.2 Å². The molecule has 2 aliphatic rings. The minimum Gasteiger partial charge on any atom is -0.489 e. The highest BCUT2D eigenvalue weighted by molar-refractivity contribution is 6.35. The number of Topliss-reactive ketones (excluding diaryl/α,β-unsaturated/α-hetero) is 1. The van der Waals surface area contributed by atoms with E-state index in [9.17, 15) is 4.79 Å². The first kappa shape index (κ1) is 19.7. The van der Waals surface area contributed by atoms with Gasteiger partial charge in [0.2, 0.25) is 5.78 Å². The summed E-state index contributed by atoms with van der Waals surface area (Å²) in [7, 11) is 0. The number of fused-ring (bicyclic) bond motifs is 2. The summed E-state index contributed by atoms with van der Waals surface area (Å²) in [4.78, 5) is 12.8. The maximum absolute atomic E-state index is 12.8. The van der Waals surface area contributed by atoms with Gasteiger partial charge >= 0.3 is 0 Å². The number of para-hydroxylation sites is 1. The average Bonchev–Trinajstić information content (AvgIpc) is 3.07. The SMILES string of the molecule is O=C1C(=CC2=Cc3ccccc3OC2)Oc2cc(OCc3ccc(Cl)cc3Cl)ccc21. The van der Waals surface area contributed by atoms with Crippen molar-refractivity contribution in [1.82, 2.24) is 0 Å². The maximum Gasteiger partial charge on any atom is 0.231 e. The fourth-order valence-corrected chi connectivity index (χ4v) is 3.91. The van der Waals surface area contributed by atoms with E-state index in [-0.39, 0.29) is 18.1 Å². The van der Waals surface area contributed by atoms with E-state index < -0.39 is 0 Å². The van der Waals surface area contributed by atoms with Gasteiger partial charge in [-0.1, -0.05) is 47.5 Å². The highest BCUT2D eigenvalue weighted by Gasteiger charge is 2.28. The molecule has 31 heavy (non-hydrogen) atoms. The Hall–Kier alpha value is -3.21. The van der Waals surface area contributed by atoms with Crippen molar-refractivity contribution in [2.45, 2.75) is 6.61 Å². The predicted molar refractivity (Wildman–Crippen MR) is 120 cm³/mol. The summed E-state index contributed by atoms with van der Waals surface area (Å²) in [5.74, 6) is 1.97. The van der Waals surface area contributed by atoms with E-state index in [1.54, 1.807) is 36.4 Å². The molecule has 2 heterocycles. The lowest BCUT2D eigenvalue weighted by molar-refractivity contribution is 0.101. The minimum absolute atomic E-state index is 0.165. The van der Waals surface area contributed by atoms with Crippen LogP contribution in [0.1, 0.15) is 21.5 Å². The molecule has 2 aliphatic heterocycles. The van der Waals surface area contributed by atoms with E-state index in [1.807, 2.05) is 36.4 Å². The first-order chi connectivity index (χ1) is 15.1. The van der Waals surface area contributed by atoms with Crippen LogP contribution in [-0.4, -0.2) is 12.4 Å². The molecule has 0 aromatic heterocycles. The molecule has 0 spiro atoms. The molecule has 0 unspecified atom stereocenters. The van der Waals surface area contributed by atoms with Gasteiger partial charge in [-0.3, -0.25) is 4.79 Å². The third-order valence-electron chi connectivity index (χ3n) is 5.02. The number of hydrogen-bond acceptors (Lipinski definition) is 4. The topological polar surface area (TPSA) is 44.8 Å². The zero-order valence-corrected chi connectivity index (χ0v) is 17.7. The van der Waals surface area contributed by atoms with Crippen LogP contribution >= 0.6 is 23.2 Å². The lowest BCUT2D eigenvalue weighted by Gasteiger charge is -2.15. The van der Waals surface area contributed by atoms with Gasteiger partial charge in [0.1, 0.15) is 30.5 Å². The van der Waals surface area contributed by atoms with E-state index >= 15 is 0 Å². The monoisotopic (exact) mass is 450 g/mol. The van der Waals surface area contributed by atoms with Crippen molar-refractivity contribution in [3.63, 3.8) is 0 Å². The molecule has 0 saturated heterocycles. The van der Waals surface area contributed by atoms with E-state index in [0.29, 0.717) is 33.7 Å². The molecule has 0 amide bonds. The van der Waals surface area contributed by atoms with E-state index in [4.69, 9.17) is 37.4 Å². The number of ether oxygens (including phenoxy) is 3. The maximum atomic E-state index is 12.8. The van der Waals surface area contributed by atoms with Crippen molar-refractivity contribution < 1.29 is 19.0 Å². The van der Waals surface area contributed by atoms with Crippen molar-refractivity contribution in [3.05, 3.63) is 105 Å².